The molecule has 0 unspecified atom stereocenters. The highest BCUT2D eigenvalue weighted by atomic mass is 31.1. The van der Waals surface area contributed by atoms with Gasteiger partial charge in [0.15, 0.2) is 8.46 Å². The van der Waals surface area contributed by atoms with Crippen LogP contribution in [0.25, 0.3) is 0 Å². The normalized spacial score (nSPS) is 12.9. The van der Waals surface area contributed by atoms with Crippen molar-refractivity contribution >= 4 is 8.46 Å². The van der Waals surface area contributed by atoms with Gasteiger partial charge in [0.05, 0.1) is 17.9 Å². The van der Waals surface area contributed by atoms with Gasteiger partial charge in [0.2, 0.25) is 0 Å². The maximum Gasteiger partial charge on any atom is 0.163 e. The second-order valence-corrected chi connectivity index (χ2v) is 4.66. The first-order valence-corrected chi connectivity index (χ1v) is 4.25. The molecule has 0 N–H and O–H groups in total. The fourth-order valence-corrected chi connectivity index (χ4v) is 0.524. The molecule has 0 aliphatic carbocycles. The molecule has 10 heavy (non-hydrogen) atoms. The van der Waals surface area contributed by atoms with Crippen LogP contribution in [0.2, 0.25) is 0 Å². The number of hydrogen-bond acceptors (Lipinski definition) is 2. The van der Waals surface area contributed by atoms with E-state index in [4.69, 9.17) is 4.74 Å². The van der Waals surface area contributed by atoms with Crippen LogP contribution >= 0.6 is 8.46 Å². The fraction of sp³-hybridized carbons (Fsp3) is 1.00. The van der Waals surface area contributed by atoms with Crippen LogP contribution in [0.1, 0.15) is 27.7 Å². The Morgan fingerprint density at radius 3 is 2.30 bits per heavy atom. The van der Waals surface area contributed by atoms with Crippen LogP contribution in [-0.4, -0.2) is 17.9 Å². The summed E-state index contributed by atoms with van der Waals surface area (Å²) >= 11 is 0. The molecule has 0 radical (unpaired) electrons. The minimum Gasteiger partial charge on any atom is -0.377 e. The predicted octanol–water partition coefficient (Wildman–Crippen LogP) is 2.48. The molecule has 0 atom stereocenters. The SMILES string of the molecule is CC(C)OCC(C)(C)P=O. The quantitative estimate of drug-likeness (QED) is 0.593. The molecule has 0 aromatic rings. The minimum atomic E-state index is -0.232. The van der Waals surface area contributed by atoms with Crippen molar-refractivity contribution in [1.82, 2.24) is 0 Å². The Morgan fingerprint density at radius 2 is 2.00 bits per heavy atom. The molecule has 0 aliphatic rings. The Labute approximate surface area is 64.2 Å². The molecule has 0 fully saturated rings. The van der Waals surface area contributed by atoms with Crippen molar-refractivity contribution in [2.45, 2.75) is 39.0 Å². The largest absolute Gasteiger partial charge is 0.377 e. The molecule has 2 nitrogen and oxygen atoms in total. The van der Waals surface area contributed by atoms with Gasteiger partial charge >= 0.3 is 0 Å². The standard InChI is InChI=1S/C7H15O2P/c1-6(2)9-5-7(3,4)10-8/h6H,5H2,1-4H3. The summed E-state index contributed by atoms with van der Waals surface area (Å²) in [7, 11) is 0.152. The lowest BCUT2D eigenvalue weighted by molar-refractivity contribution is 0.0661. The lowest BCUT2D eigenvalue weighted by atomic mass is 10.2. The Balaban J connectivity index is 3.56. The Bertz CT molecular complexity index is 110. The molecular formula is C7H15O2P. The van der Waals surface area contributed by atoms with Crippen LogP contribution in [0.15, 0.2) is 0 Å². The van der Waals surface area contributed by atoms with E-state index in [2.05, 4.69) is 0 Å². The van der Waals surface area contributed by atoms with Gasteiger partial charge in [0, 0.05) is 0 Å². The third kappa shape index (κ3) is 4.89. The highest BCUT2D eigenvalue weighted by molar-refractivity contribution is 7.25. The number of rotatable bonds is 4. The summed E-state index contributed by atoms with van der Waals surface area (Å²) in [5.41, 5.74) is 0. The fourth-order valence-electron chi connectivity index (χ4n) is 0.397. The van der Waals surface area contributed by atoms with E-state index in [9.17, 15) is 4.57 Å². The third-order valence-corrected chi connectivity index (χ3v) is 1.64. The van der Waals surface area contributed by atoms with E-state index in [1.165, 1.54) is 0 Å². The highest BCUT2D eigenvalue weighted by Gasteiger charge is 2.18. The minimum absolute atomic E-state index is 0.152. The molecule has 0 amide bonds. The van der Waals surface area contributed by atoms with Gasteiger partial charge in [0.1, 0.15) is 0 Å². The smallest absolute Gasteiger partial charge is 0.163 e. The molecule has 0 rings (SSSR count). The molecule has 0 bridgehead atoms. The van der Waals surface area contributed by atoms with E-state index in [-0.39, 0.29) is 19.7 Å². The third-order valence-electron chi connectivity index (χ3n) is 1.02. The Morgan fingerprint density at radius 1 is 1.50 bits per heavy atom. The summed E-state index contributed by atoms with van der Waals surface area (Å²) in [6.45, 7) is 8.30. The van der Waals surface area contributed by atoms with Crippen LogP contribution in [0, 0.1) is 0 Å². The summed E-state index contributed by atoms with van der Waals surface area (Å²) in [5, 5.41) is -0.232. The summed E-state index contributed by atoms with van der Waals surface area (Å²) in [5.74, 6) is 0. The summed E-state index contributed by atoms with van der Waals surface area (Å²) < 4.78 is 15.7. The van der Waals surface area contributed by atoms with Crippen molar-refractivity contribution in [3.63, 3.8) is 0 Å². The van der Waals surface area contributed by atoms with Crippen molar-refractivity contribution in [2.24, 2.45) is 0 Å². The lowest BCUT2D eigenvalue weighted by Gasteiger charge is -2.17. The van der Waals surface area contributed by atoms with E-state index in [1.54, 1.807) is 0 Å². The number of hydrogen-bond donors (Lipinski definition) is 0. The van der Waals surface area contributed by atoms with Crippen LogP contribution in [0.4, 0.5) is 0 Å². The zero-order chi connectivity index (χ0) is 8.20. The van der Waals surface area contributed by atoms with Crippen molar-refractivity contribution < 1.29 is 9.30 Å². The highest BCUT2D eigenvalue weighted by Crippen LogP contribution is 2.21. The average Bonchev–Trinajstić information content (AvgIpc) is 1.85. The second kappa shape index (κ2) is 4.05. The number of ether oxygens (including phenoxy) is 1. The molecule has 0 heterocycles. The van der Waals surface area contributed by atoms with Gasteiger partial charge in [-0.15, -0.1) is 0 Å². The predicted molar refractivity (Wildman–Crippen MR) is 42.8 cm³/mol. The van der Waals surface area contributed by atoms with Crippen LogP contribution in [0.3, 0.4) is 0 Å². The Kier molecular flexibility index (Phi) is 4.07. The first kappa shape index (κ1) is 10.1. The molecule has 3 heteroatoms. The van der Waals surface area contributed by atoms with E-state index < -0.39 is 0 Å². The van der Waals surface area contributed by atoms with Gasteiger partial charge in [-0.25, -0.2) is 0 Å². The molecule has 0 aromatic carbocycles. The molecule has 0 aromatic heterocycles. The van der Waals surface area contributed by atoms with Crippen molar-refractivity contribution in [3.05, 3.63) is 0 Å². The van der Waals surface area contributed by atoms with Crippen molar-refractivity contribution in [3.8, 4) is 0 Å². The molecule has 0 aliphatic heterocycles. The van der Waals surface area contributed by atoms with E-state index in [1.807, 2.05) is 27.7 Å². The first-order valence-electron chi connectivity index (χ1n) is 3.44. The average molecular weight is 162 g/mol. The molecule has 0 saturated carbocycles. The second-order valence-electron chi connectivity index (χ2n) is 3.26. The van der Waals surface area contributed by atoms with Crippen molar-refractivity contribution in [1.29, 1.82) is 0 Å². The van der Waals surface area contributed by atoms with Gasteiger partial charge in [0.25, 0.3) is 0 Å². The van der Waals surface area contributed by atoms with E-state index >= 15 is 0 Å². The van der Waals surface area contributed by atoms with Crippen LogP contribution in [-0.2, 0) is 9.30 Å². The molecular weight excluding hydrogens is 147 g/mol. The van der Waals surface area contributed by atoms with Gasteiger partial charge in [-0.3, -0.25) is 4.57 Å². The van der Waals surface area contributed by atoms with Gasteiger partial charge in [-0.2, -0.15) is 0 Å². The molecule has 60 valence electrons. The maximum absolute atomic E-state index is 10.5. The zero-order valence-electron chi connectivity index (χ0n) is 7.05. The van der Waals surface area contributed by atoms with Gasteiger partial charge in [-0.05, 0) is 27.7 Å². The molecule has 0 spiro atoms. The molecule has 0 saturated heterocycles. The zero-order valence-corrected chi connectivity index (χ0v) is 7.94. The topological polar surface area (TPSA) is 26.3 Å². The summed E-state index contributed by atoms with van der Waals surface area (Å²) in [6.07, 6.45) is 0.223. The van der Waals surface area contributed by atoms with E-state index in [0.29, 0.717) is 6.61 Å². The van der Waals surface area contributed by atoms with Crippen LogP contribution in [0.5, 0.6) is 0 Å². The first-order chi connectivity index (χ1) is 4.48. The van der Waals surface area contributed by atoms with Gasteiger partial charge in [-0.1, -0.05) is 0 Å². The Hall–Kier alpha value is 0.0600. The van der Waals surface area contributed by atoms with E-state index in [0.717, 1.165) is 0 Å². The van der Waals surface area contributed by atoms with Crippen LogP contribution < -0.4 is 0 Å². The summed E-state index contributed by atoms with van der Waals surface area (Å²) in [4.78, 5) is 0. The monoisotopic (exact) mass is 162 g/mol. The maximum atomic E-state index is 10.5. The lowest BCUT2D eigenvalue weighted by Crippen LogP contribution is -2.21. The van der Waals surface area contributed by atoms with Gasteiger partial charge < -0.3 is 4.74 Å². The summed E-state index contributed by atoms with van der Waals surface area (Å²) in [6, 6.07) is 0. The van der Waals surface area contributed by atoms with Crippen molar-refractivity contribution in [2.75, 3.05) is 6.61 Å².